The second-order valence-electron chi connectivity index (χ2n) is 5.08. The van der Waals surface area contributed by atoms with E-state index in [1.807, 2.05) is 6.92 Å². The van der Waals surface area contributed by atoms with Gasteiger partial charge in [-0.15, -0.1) is 11.8 Å². The van der Waals surface area contributed by atoms with Gasteiger partial charge in [-0.2, -0.15) is 0 Å². The van der Waals surface area contributed by atoms with Crippen LogP contribution in [0.2, 0.25) is 0 Å². The maximum atomic E-state index is 5.91. The van der Waals surface area contributed by atoms with E-state index in [0.717, 1.165) is 25.4 Å². The largest absolute Gasteiger partial charge is 0.329 e. The van der Waals surface area contributed by atoms with E-state index in [9.17, 15) is 0 Å². The van der Waals surface area contributed by atoms with Crippen molar-refractivity contribution >= 4 is 0 Å². The lowest BCUT2D eigenvalue weighted by atomic mass is 9.86. The maximum absolute atomic E-state index is 5.91. The van der Waals surface area contributed by atoms with Crippen molar-refractivity contribution in [2.45, 2.75) is 64.3 Å². The SMILES string of the molecule is CC#CCCNC(CN)C1CCCCCCC1. The molecule has 3 N–H and O–H groups in total. The Morgan fingerprint density at radius 3 is 2.41 bits per heavy atom. The Labute approximate surface area is 107 Å². The van der Waals surface area contributed by atoms with Crippen molar-refractivity contribution in [3.8, 4) is 11.8 Å². The Bertz CT molecular complexity index is 231. The van der Waals surface area contributed by atoms with E-state index in [2.05, 4.69) is 17.2 Å². The molecule has 1 aliphatic carbocycles. The monoisotopic (exact) mass is 236 g/mol. The summed E-state index contributed by atoms with van der Waals surface area (Å²) >= 11 is 0. The van der Waals surface area contributed by atoms with Crippen LogP contribution in [0.3, 0.4) is 0 Å². The molecule has 2 heteroatoms. The third-order valence-electron chi connectivity index (χ3n) is 3.81. The summed E-state index contributed by atoms with van der Waals surface area (Å²) in [5, 5.41) is 3.59. The molecule has 0 heterocycles. The summed E-state index contributed by atoms with van der Waals surface area (Å²) in [7, 11) is 0. The van der Waals surface area contributed by atoms with Crippen molar-refractivity contribution in [2.75, 3.05) is 13.1 Å². The predicted octanol–water partition coefficient (Wildman–Crippen LogP) is 2.68. The highest BCUT2D eigenvalue weighted by Gasteiger charge is 2.20. The van der Waals surface area contributed by atoms with Crippen LogP contribution < -0.4 is 11.1 Å². The molecule has 0 spiro atoms. The topological polar surface area (TPSA) is 38.0 Å². The molecule has 0 aliphatic heterocycles. The van der Waals surface area contributed by atoms with Crippen LogP contribution in [0.4, 0.5) is 0 Å². The molecule has 0 radical (unpaired) electrons. The summed E-state index contributed by atoms with van der Waals surface area (Å²) in [6.45, 7) is 3.65. The van der Waals surface area contributed by atoms with Crippen LogP contribution in [0.1, 0.15) is 58.3 Å². The fraction of sp³-hybridized carbons (Fsp3) is 0.867. The number of hydrogen-bond acceptors (Lipinski definition) is 2. The average molecular weight is 236 g/mol. The van der Waals surface area contributed by atoms with Crippen LogP contribution in [0.5, 0.6) is 0 Å². The molecular weight excluding hydrogens is 208 g/mol. The van der Waals surface area contributed by atoms with Crippen molar-refractivity contribution in [3.05, 3.63) is 0 Å². The fourth-order valence-electron chi connectivity index (χ4n) is 2.78. The van der Waals surface area contributed by atoms with Gasteiger partial charge in [0.15, 0.2) is 0 Å². The minimum atomic E-state index is 0.506. The predicted molar refractivity (Wildman–Crippen MR) is 74.7 cm³/mol. The molecule has 1 saturated carbocycles. The van der Waals surface area contributed by atoms with Gasteiger partial charge < -0.3 is 11.1 Å². The maximum Gasteiger partial charge on any atom is 0.0218 e. The highest BCUT2D eigenvalue weighted by molar-refractivity contribution is 4.95. The van der Waals surface area contributed by atoms with Crippen LogP contribution in [0.15, 0.2) is 0 Å². The first-order chi connectivity index (χ1) is 8.38. The molecular formula is C15H28N2. The zero-order chi connectivity index (χ0) is 12.3. The molecule has 1 aliphatic rings. The fourth-order valence-corrected chi connectivity index (χ4v) is 2.78. The first-order valence-corrected chi connectivity index (χ1v) is 7.21. The molecule has 0 aromatic rings. The van der Waals surface area contributed by atoms with Crippen molar-refractivity contribution < 1.29 is 0 Å². The van der Waals surface area contributed by atoms with E-state index in [1.54, 1.807) is 0 Å². The van der Waals surface area contributed by atoms with Crippen LogP contribution >= 0.6 is 0 Å². The van der Waals surface area contributed by atoms with Gasteiger partial charge >= 0.3 is 0 Å². The average Bonchev–Trinajstić information content (AvgIpc) is 2.30. The van der Waals surface area contributed by atoms with E-state index >= 15 is 0 Å². The quantitative estimate of drug-likeness (QED) is 0.569. The minimum Gasteiger partial charge on any atom is -0.329 e. The molecule has 0 aromatic carbocycles. The van der Waals surface area contributed by atoms with Gasteiger partial charge in [-0.3, -0.25) is 0 Å². The lowest BCUT2D eigenvalue weighted by Gasteiger charge is -2.28. The van der Waals surface area contributed by atoms with Crippen LogP contribution in [-0.2, 0) is 0 Å². The third kappa shape index (κ3) is 6.10. The Morgan fingerprint density at radius 2 is 1.82 bits per heavy atom. The Kier molecular flexibility index (Phi) is 8.13. The van der Waals surface area contributed by atoms with Crippen molar-refractivity contribution in [2.24, 2.45) is 11.7 Å². The van der Waals surface area contributed by atoms with E-state index in [-0.39, 0.29) is 0 Å². The standard InChI is InChI=1S/C15H28N2/c1-2-3-9-12-17-15(13-16)14-10-7-5-4-6-8-11-14/h14-15,17H,4-13,16H2,1H3. The molecule has 1 fully saturated rings. The van der Waals surface area contributed by atoms with Crippen molar-refractivity contribution in [3.63, 3.8) is 0 Å². The summed E-state index contributed by atoms with van der Waals surface area (Å²) in [6, 6.07) is 0.506. The summed E-state index contributed by atoms with van der Waals surface area (Å²) < 4.78 is 0. The Morgan fingerprint density at radius 1 is 1.18 bits per heavy atom. The highest BCUT2D eigenvalue weighted by atomic mass is 14.9. The van der Waals surface area contributed by atoms with E-state index < -0.39 is 0 Å². The van der Waals surface area contributed by atoms with Gasteiger partial charge in [0, 0.05) is 25.6 Å². The van der Waals surface area contributed by atoms with Gasteiger partial charge in [-0.1, -0.05) is 32.1 Å². The van der Waals surface area contributed by atoms with Crippen LogP contribution in [0.25, 0.3) is 0 Å². The lowest BCUT2D eigenvalue weighted by molar-refractivity contribution is 0.290. The van der Waals surface area contributed by atoms with E-state index in [0.29, 0.717) is 6.04 Å². The minimum absolute atomic E-state index is 0.506. The first-order valence-electron chi connectivity index (χ1n) is 7.21. The molecule has 98 valence electrons. The zero-order valence-corrected chi connectivity index (χ0v) is 11.3. The Balaban J connectivity index is 2.31. The van der Waals surface area contributed by atoms with E-state index in [4.69, 9.17) is 5.73 Å². The molecule has 2 nitrogen and oxygen atoms in total. The highest BCUT2D eigenvalue weighted by Crippen LogP contribution is 2.24. The number of nitrogens with one attached hydrogen (secondary N) is 1. The number of rotatable bonds is 5. The van der Waals surface area contributed by atoms with Gasteiger partial charge in [0.1, 0.15) is 0 Å². The van der Waals surface area contributed by atoms with Crippen LogP contribution in [-0.4, -0.2) is 19.1 Å². The van der Waals surface area contributed by atoms with E-state index in [1.165, 1.54) is 44.9 Å². The van der Waals surface area contributed by atoms with Gasteiger partial charge in [0.05, 0.1) is 0 Å². The molecule has 1 unspecified atom stereocenters. The number of hydrogen-bond donors (Lipinski definition) is 2. The second kappa shape index (κ2) is 9.50. The molecule has 0 aromatic heterocycles. The molecule has 0 amide bonds. The summed E-state index contributed by atoms with van der Waals surface area (Å²) in [5.41, 5.74) is 5.91. The zero-order valence-electron chi connectivity index (χ0n) is 11.3. The normalized spacial score (nSPS) is 19.9. The molecule has 0 saturated heterocycles. The van der Waals surface area contributed by atoms with Crippen molar-refractivity contribution in [1.29, 1.82) is 0 Å². The molecule has 1 rings (SSSR count). The van der Waals surface area contributed by atoms with Gasteiger partial charge in [0.2, 0.25) is 0 Å². The Hall–Kier alpha value is -0.520. The van der Waals surface area contributed by atoms with Gasteiger partial charge in [-0.05, 0) is 25.7 Å². The summed E-state index contributed by atoms with van der Waals surface area (Å²) in [4.78, 5) is 0. The molecule has 17 heavy (non-hydrogen) atoms. The molecule has 0 bridgehead atoms. The number of nitrogens with two attached hydrogens (primary N) is 1. The van der Waals surface area contributed by atoms with Crippen molar-refractivity contribution in [1.82, 2.24) is 5.32 Å². The third-order valence-corrected chi connectivity index (χ3v) is 3.81. The first kappa shape index (κ1) is 14.5. The summed E-state index contributed by atoms with van der Waals surface area (Å²) in [5.74, 6) is 6.82. The smallest absolute Gasteiger partial charge is 0.0218 e. The molecule has 1 atom stereocenters. The van der Waals surface area contributed by atoms with Gasteiger partial charge in [0.25, 0.3) is 0 Å². The summed E-state index contributed by atoms with van der Waals surface area (Å²) in [6.07, 6.45) is 10.7. The van der Waals surface area contributed by atoms with Crippen LogP contribution in [0, 0.1) is 17.8 Å². The second-order valence-corrected chi connectivity index (χ2v) is 5.08. The van der Waals surface area contributed by atoms with Gasteiger partial charge in [-0.25, -0.2) is 0 Å². The lowest BCUT2D eigenvalue weighted by Crippen LogP contribution is -2.42.